The Balaban J connectivity index is 2.54. The van der Waals surface area contributed by atoms with Crippen LogP contribution in [0.1, 0.15) is 24.7 Å². The summed E-state index contributed by atoms with van der Waals surface area (Å²) in [4.78, 5) is 21.5. The average molecular weight is 247 g/mol. The molecule has 18 heavy (non-hydrogen) atoms. The minimum Gasteiger partial charge on any atom is -0.454 e. The maximum absolute atomic E-state index is 11.0. The summed E-state index contributed by atoms with van der Waals surface area (Å²) in [5.74, 6) is 0.731. The average Bonchev–Trinajstić information content (AvgIpc) is 2.61. The van der Waals surface area contributed by atoms with Gasteiger partial charge in [0.25, 0.3) is 0 Å². The number of hydrogen-bond donors (Lipinski definition) is 0. The normalized spacial score (nSPS) is 10.8. The first-order valence-corrected chi connectivity index (χ1v) is 5.65. The number of fused-ring (bicyclic) bond motifs is 1. The number of aryl methyl sites for hydroxylation is 2. The largest absolute Gasteiger partial charge is 0.454 e. The third-order valence-electron chi connectivity index (χ3n) is 2.92. The summed E-state index contributed by atoms with van der Waals surface area (Å²) in [6.07, 6.45) is 0.966. The number of nitro groups is 1. The van der Waals surface area contributed by atoms with Crippen LogP contribution >= 0.6 is 0 Å². The van der Waals surface area contributed by atoms with Crippen LogP contribution in [0.4, 0.5) is 5.69 Å². The van der Waals surface area contributed by atoms with Crippen LogP contribution in [-0.2, 0) is 11.2 Å². The Labute approximate surface area is 104 Å². The van der Waals surface area contributed by atoms with Crippen molar-refractivity contribution in [1.82, 2.24) is 0 Å². The summed E-state index contributed by atoms with van der Waals surface area (Å²) >= 11 is 0. The molecule has 0 N–H and O–H groups in total. The number of ketones is 1. The maximum Gasteiger partial charge on any atom is 0.312 e. The van der Waals surface area contributed by atoms with Crippen molar-refractivity contribution in [2.75, 3.05) is 0 Å². The maximum atomic E-state index is 11.0. The lowest BCUT2D eigenvalue weighted by atomic mass is 10.0. The van der Waals surface area contributed by atoms with Gasteiger partial charge in [0.2, 0.25) is 5.58 Å². The molecule has 2 rings (SSSR count). The Morgan fingerprint density at radius 3 is 2.78 bits per heavy atom. The van der Waals surface area contributed by atoms with Gasteiger partial charge in [-0.05, 0) is 20.3 Å². The molecule has 2 aromatic rings. The van der Waals surface area contributed by atoms with Gasteiger partial charge in [-0.2, -0.15) is 0 Å². The molecule has 1 aromatic heterocycles. The molecule has 0 fully saturated rings. The summed E-state index contributed by atoms with van der Waals surface area (Å²) < 4.78 is 5.47. The van der Waals surface area contributed by atoms with E-state index in [1.54, 1.807) is 19.1 Å². The van der Waals surface area contributed by atoms with Gasteiger partial charge >= 0.3 is 5.69 Å². The lowest BCUT2D eigenvalue weighted by Gasteiger charge is -1.97. The van der Waals surface area contributed by atoms with Crippen LogP contribution in [0, 0.1) is 17.0 Å². The number of carbonyl (C=O) groups is 1. The van der Waals surface area contributed by atoms with Gasteiger partial charge in [0.05, 0.1) is 4.92 Å². The van der Waals surface area contributed by atoms with Crippen LogP contribution in [0.2, 0.25) is 0 Å². The minimum atomic E-state index is -0.458. The number of hydrogen-bond acceptors (Lipinski definition) is 4. The van der Waals surface area contributed by atoms with Crippen molar-refractivity contribution >= 4 is 22.4 Å². The fraction of sp³-hybridized carbons (Fsp3) is 0.308. The monoisotopic (exact) mass is 247 g/mol. The van der Waals surface area contributed by atoms with E-state index < -0.39 is 4.92 Å². The van der Waals surface area contributed by atoms with Crippen molar-refractivity contribution < 1.29 is 14.1 Å². The van der Waals surface area contributed by atoms with Gasteiger partial charge in [-0.3, -0.25) is 10.1 Å². The molecule has 5 nitrogen and oxygen atoms in total. The topological polar surface area (TPSA) is 73.3 Å². The molecule has 0 spiro atoms. The molecule has 94 valence electrons. The van der Waals surface area contributed by atoms with Crippen LogP contribution in [0.15, 0.2) is 22.6 Å². The van der Waals surface area contributed by atoms with Gasteiger partial charge in [0.15, 0.2) is 0 Å². The summed E-state index contributed by atoms with van der Waals surface area (Å²) in [5.41, 5.74) is 1.13. The minimum absolute atomic E-state index is 0.0373. The number of benzene rings is 1. The molecule has 0 radical (unpaired) electrons. The Bertz CT molecular complexity index is 627. The first-order chi connectivity index (χ1) is 8.50. The van der Waals surface area contributed by atoms with E-state index in [0.29, 0.717) is 24.2 Å². The van der Waals surface area contributed by atoms with Gasteiger partial charge < -0.3 is 9.21 Å². The standard InChI is InChI=1S/C13H13NO4/c1-8(15)6-7-10-9(2)18-13-11(10)4-3-5-12(13)14(16)17/h3-5H,6-7H2,1-2H3. The molecule has 0 aliphatic heterocycles. The summed E-state index contributed by atoms with van der Waals surface area (Å²) in [5, 5.41) is 11.6. The van der Waals surface area contributed by atoms with Crippen molar-refractivity contribution in [1.29, 1.82) is 0 Å². The van der Waals surface area contributed by atoms with Crippen LogP contribution < -0.4 is 0 Å². The van der Waals surface area contributed by atoms with Gasteiger partial charge in [-0.25, -0.2) is 0 Å². The van der Waals surface area contributed by atoms with E-state index in [0.717, 1.165) is 10.9 Å². The Hall–Kier alpha value is -2.17. The van der Waals surface area contributed by atoms with Crippen LogP contribution in [0.3, 0.4) is 0 Å². The van der Waals surface area contributed by atoms with E-state index in [9.17, 15) is 14.9 Å². The highest BCUT2D eigenvalue weighted by molar-refractivity contribution is 5.89. The Morgan fingerprint density at radius 2 is 2.17 bits per heavy atom. The third kappa shape index (κ3) is 2.11. The van der Waals surface area contributed by atoms with E-state index in [4.69, 9.17) is 4.42 Å². The zero-order valence-corrected chi connectivity index (χ0v) is 10.2. The fourth-order valence-corrected chi connectivity index (χ4v) is 2.03. The zero-order chi connectivity index (χ0) is 13.3. The van der Waals surface area contributed by atoms with E-state index >= 15 is 0 Å². The molecular weight excluding hydrogens is 234 g/mol. The number of furan rings is 1. The second-order valence-electron chi connectivity index (χ2n) is 4.25. The highest BCUT2D eigenvalue weighted by Crippen LogP contribution is 2.32. The summed E-state index contributed by atoms with van der Waals surface area (Å²) in [6.45, 7) is 3.29. The molecule has 0 bridgehead atoms. The molecule has 0 saturated heterocycles. The quantitative estimate of drug-likeness (QED) is 0.614. The Morgan fingerprint density at radius 1 is 1.44 bits per heavy atom. The lowest BCUT2D eigenvalue weighted by Crippen LogP contribution is -1.94. The summed E-state index contributed by atoms with van der Waals surface area (Å²) in [6, 6.07) is 4.83. The molecule has 5 heteroatoms. The van der Waals surface area contributed by atoms with E-state index in [1.165, 1.54) is 13.0 Å². The molecular formula is C13H13NO4. The number of para-hydroxylation sites is 1. The van der Waals surface area contributed by atoms with Crippen LogP contribution in [-0.4, -0.2) is 10.7 Å². The van der Waals surface area contributed by atoms with Gasteiger partial charge in [-0.1, -0.05) is 12.1 Å². The van der Waals surface area contributed by atoms with Crippen molar-refractivity contribution in [2.45, 2.75) is 26.7 Å². The molecule has 0 unspecified atom stereocenters. The molecule has 0 saturated carbocycles. The second kappa shape index (κ2) is 4.60. The SMILES string of the molecule is CC(=O)CCc1c(C)oc2c([N+](=O)[O-])cccc12. The van der Waals surface area contributed by atoms with Crippen LogP contribution in [0.25, 0.3) is 11.0 Å². The highest BCUT2D eigenvalue weighted by atomic mass is 16.6. The predicted molar refractivity (Wildman–Crippen MR) is 66.6 cm³/mol. The van der Waals surface area contributed by atoms with E-state index in [1.807, 2.05) is 0 Å². The number of non-ortho nitro benzene ring substituents is 1. The highest BCUT2D eigenvalue weighted by Gasteiger charge is 2.19. The van der Waals surface area contributed by atoms with Crippen molar-refractivity contribution in [3.8, 4) is 0 Å². The molecule has 0 aliphatic carbocycles. The van der Waals surface area contributed by atoms with E-state index in [-0.39, 0.29) is 11.5 Å². The number of rotatable bonds is 4. The zero-order valence-electron chi connectivity index (χ0n) is 10.2. The lowest BCUT2D eigenvalue weighted by molar-refractivity contribution is -0.383. The fourth-order valence-electron chi connectivity index (χ4n) is 2.03. The van der Waals surface area contributed by atoms with Crippen molar-refractivity contribution in [3.63, 3.8) is 0 Å². The summed E-state index contributed by atoms with van der Waals surface area (Å²) in [7, 11) is 0. The van der Waals surface area contributed by atoms with Crippen LogP contribution in [0.5, 0.6) is 0 Å². The molecule has 1 heterocycles. The first-order valence-electron chi connectivity index (χ1n) is 5.65. The molecule has 0 amide bonds. The smallest absolute Gasteiger partial charge is 0.312 e. The Kier molecular flexibility index (Phi) is 3.14. The predicted octanol–water partition coefficient (Wildman–Crippen LogP) is 3.17. The number of carbonyl (C=O) groups excluding carboxylic acids is 1. The molecule has 1 aromatic carbocycles. The number of Topliss-reactive ketones (excluding diaryl/α,β-unsaturated/α-hetero) is 1. The number of nitrogens with zero attached hydrogens (tertiary/aromatic N) is 1. The van der Waals surface area contributed by atoms with E-state index in [2.05, 4.69) is 0 Å². The van der Waals surface area contributed by atoms with Crippen molar-refractivity contribution in [3.05, 3.63) is 39.6 Å². The van der Waals surface area contributed by atoms with Gasteiger partial charge in [0, 0.05) is 23.4 Å². The molecule has 0 aliphatic rings. The van der Waals surface area contributed by atoms with Gasteiger partial charge in [0.1, 0.15) is 11.5 Å². The first kappa shape index (κ1) is 12.3. The number of nitro benzene ring substituents is 1. The molecule has 0 atom stereocenters. The van der Waals surface area contributed by atoms with Gasteiger partial charge in [-0.15, -0.1) is 0 Å². The third-order valence-corrected chi connectivity index (χ3v) is 2.92. The second-order valence-corrected chi connectivity index (χ2v) is 4.25. The van der Waals surface area contributed by atoms with Crippen molar-refractivity contribution in [2.24, 2.45) is 0 Å².